The van der Waals surface area contributed by atoms with E-state index in [0.717, 1.165) is 17.1 Å². The predicted molar refractivity (Wildman–Crippen MR) is 107 cm³/mol. The van der Waals surface area contributed by atoms with Crippen molar-refractivity contribution in [1.82, 2.24) is 10.2 Å². The molecular weight excluding hydrogens is 370 g/mol. The van der Waals surface area contributed by atoms with Gasteiger partial charge in [0.2, 0.25) is 17.7 Å². The fourth-order valence-electron chi connectivity index (χ4n) is 2.74. The van der Waals surface area contributed by atoms with Crippen molar-refractivity contribution in [1.29, 1.82) is 0 Å². The molecule has 0 bridgehead atoms. The van der Waals surface area contributed by atoms with E-state index in [2.05, 4.69) is 5.32 Å². The average molecular weight is 396 g/mol. The zero-order chi connectivity index (χ0) is 19.1. The molecule has 0 aliphatic carbocycles. The van der Waals surface area contributed by atoms with E-state index < -0.39 is 11.8 Å². The fraction of sp³-hybridized carbons (Fsp3) is 0.500. The SMILES string of the molecule is CC(CC(N)=O)C(=O)NCC(c1ccccc1)N(C)C(=O)C1SCCS1. The monoisotopic (exact) mass is 395 g/mol. The second-order valence-electron chi connectivity index (χ2n) is 6.27. The lowest BCUT2D eigenvalue weighted by Gasteiger charge is -2.30. The number of amides is 3. The zero-order valence-corrected chi connectivity index (χ0v) is 16.6. The quantitative estimate of drug-likeness (QED) is 0.698. The van der Waals surface area contributed by atoms with Gasteiger partial charge in [0.25, 0.3) is 0 Å². The molecule has 2 atom stereocenters. The van der Waals surface area contributed by atoms with Crippen LogP contribution in [0.3, 0.4) is 0 Å². The molecule has 1 aromatic rings. The van der Waals surface area contributed by atoms with Gasteiger partial charge in [0, 0.05) is 37.4 Å². The van der Waals surface area contributed by atoms with Crippen LogP contribution in [-0.4, -0.2) is 52.3 Å². The first-order valence-corrected chi connectivity index (χ1v) is 10.6. The van der Waals surface area contributed by atoms with E-state index in [1.165, 1.54) is 0 Å². The molecule has 0 spiro atoms. The Kier molecular flexibility index (Phi) is 7.84. The van der Waals surface area contributed by atoms with Gasteiger partial charge >= 0.3 is 0 Å². The van der Waals surface area contributed by atoms with Crippen molar-refractivity contribution in [2.75, 3.05) is 25.1 Å². The van der Waals surface area contributed by atoms with Crippen LogP contribution in [0.1, 0.15) is 24.9 Å². The normalized spacial score (nSPS) is 16.7. The molecule has 1 heterocycles. The minimum absolute atomic E-state index is 0.00591. The molecule has 3 amide bonds. The van der Waals surface area contributed by atoms with Gasteiger partial charge in [0.15, 0.2) is 0 Å². The topological polar surface area (TPSA) is 92.5 Å². The summed E-state index contributed by atoms with van der Waals surface area (Å²) in [7, 11) is 1.78. The van der Waals surface area contributed by atoms with Gasteiger partial charge in [-0.3, -0.25) is 14.4 Å². The fourth-order valence-corrected chi connectivity index (χ4v) is 5.52. The van der Waals surface area contributed by atoms with Gasteiger partial charge in [-0.1, -0.05) is 37.3 Å². The third-order valence-electron chi connectivity index (χ3n) is 4.25. The Morgan fingerprint density at radius 3 is 2.42 bits per heavy atom. The predicted octanol–water partition coefficient (Wildman–Crippen LogP) is 1.62. The van der Waals surface area contributed by atoms with Crippen LogP contribution in [0.15, 0.2) is 30.3 Å². The molecule has 1 fully saturated rings. The number of hydrogen-bond acceptors (Lipinski definition) is 5. The molecule has 1 saturated heterocycles. The molecule has 3 N–H and O–H groups in total. The number of benzene rings is 1. The maximum absolute atomic E-state index is 12.8. The first-order chi connectivity index (χ1) is 12.4. The molecule has 2 rings (SSSR count). The van der Waals surface area contributed by atoms with Crippen LogP contribution in [0.5, 0.6) is 0 Å². The molecule has 0 radical (unpaired) electrons. The summed E-state index contributed by atoms with van der Waals surface area (Å²) in [5.41, 5.74) is 6.12. The Hall–Kier alpha value is -1.67. The van der Waals surface area contributed by atoms with Crippen LogP contribution in [0.4, 0.5) is 0 Å². The second-order valence-corrected chi connectivity index (χ2v) is 8.99. The van der Waals surface area contributed by atoms with Crippen LogP contribution >= 0.6 is 23.5 Å². The van der Waals surface area contributed by atoms with Gasteiger partial charge in [-0.05, 0) is 5.56 Å². The summed E-state index contributed by atoms with van der Waals surface area (Å²) in [6.45, 7) is 1.95. The summed E-state index contributed by atoms with van der Waals surface area (Å²) in [6.07, 6.45) is 0.00591. The molecule has 1 aliphatic rings. The average Bonchev–Trinajstić information content (AvgIpc) is 3.15. The minimum atomic E-state index is -0.505. The highest BCUT2D eigenvalue weighted by molar-refractivity contribution is 8.21. The van der Waals surface area contributed by atoms with Crippen LogP contribution < -0.4 is 11.1 Å². The highest BCUT2D eigenvalue weighted by atomic mass is 32.2. The summed E-state index contributed by atoms with van der Waals surface area (Å²) in [5.74, 6) is 0.778. The van der Waals surface area contributed by atoms with Crippen molar-refractivity contribution in [3.05, 3.63) is 35.9 Å². The molecule has 0 aromatic heterocycles. The number of thioether (sulfide) groups is 2. The number of likely N-dealkylation sites (N-methyl/N-ethyl adjacent to an activating group) is 1. The van der Waals surface area contributed by atoms with Crippen molar-refractivity contribution in [3.63, 3.8) is 0 Å². The van der Waals surface area contributed by atoms with E-state index in [0.29, 0.717) is 0 Å². The Labute approximate surface area is 162 Å². The molecule has 1 aromatic carbocycles. The summed E-state index contributed by atoms with van der Waals surface area (Å²) in [5, 5.41) is 2.86. The lowest BCUT2D eigenvalue weighted by atomic mass is 10.0. The van der Waals surface area contributed by atoms with Crippen molar-refractivity contribution in [3.8, 4) is 0 Å². The molecule has 1 aliphatic heterocycles. The maximum atomic E-state index is 12.8. The molecule has 142 valence electrons. The lowest BCUT2D eigenvalue weighted by Crippen LogP contribution is -2.43. The van der Waals surface area contributed by atoms with Crippen molar-refractivity contribution < 1.29 is 14.4 Å². The van der Waals surface area contributed by atoms with E-state index in [9.17, 15) is 14.4 Å². The summed E-state index contributed by atoms with van der Waals surface area (Å²) in [6, 6.07) is 9.37. The molecular formula is C18H25N3O3S2. The van der Waals surface area contributed by atoms with Crippen molar-refractivity contribution >= 4 is 41.2 Å². The summed E-state index contributed by atoms with van der Waals surface area (Å²) in [4.78, 5) is 37.7. The molecule has 6 nitrogen and oxygen atoms in total. The molecule has 0 saturated carbocycles. The highest BCUT2D eigenvalue weighted by Gasteiger charge is 2.31. The van der Waals surface area contributed by atoms with E-state index in [1.807, 2.05) is 30.3 Å². The lowest BCUT2D eigenvalue weighted by molar-refractivity contribution is -0.131. The van der Waals surface area contributed by atoms with Crippen LogP contribution in [0.25, 0.3) is 0 Å². The van der Waals surface area contributed by atoms with E-state index in [-0.39, 0.29) is 35.4 Å². The third kappa shape index (κ3) is 5.67. The number of nitrogens with two attached hydrogens (primary N) is 1. The maximum Gasteiger partial charge on any atom is 0.246 e. The molecule has 2 unspecified atom stereocenters. The van der Waals surface area contributed by atoms with Gasteiger partial charge in [0.1, 0.15) is 4.58 Å². The van der Waals surface area contributed by atoms with Gasteiger partial charge < -0.3 is 16.0 Å². The van der Waals surface area contributed by atoms with E-state index in [1.54, 1.807) is 42.4 Å². The highest BCUT2D eigenvalue weighted by Crippen LogP contribution is 2.34. The number of rotatable bonds is 8. The van der Waals surface area contributed by atoms with E-state index in [4.69, 9.17) is 5.73 Å². The molecule has 8 heteroatoms. The van der Waals surface area contributed by atoms with Crippen LogP contribution in [-0.2, 0) is 14.4 Å². The zero-order valence-electron chi connectivity index (χ0n) is 15.0. The number of carbonyl (C=O) groups excluding carboxylic acids is 3. The Balaban J connectivity index is 2.08. The Morgan fingerprint density at radius 1 is 1.23 bits per heavy atom. The minimum Gasteiger partial charge on any atom is -0.370 e. The Morgan fingerprint density at radius 2 is 1.85 bits per heavy atom. The second kappa shape index (κ2) is 9.87. The van der Waals surface area contributed by atoms with Gasteiger partial charge in [-0.15, -0.1) is 23.5 Å². The van der Waals surface area contributed by atoms with E-state index >= 15 is 0 Å². The van der Waals surface area contributed by atoms with Crippen molar-refractivity contribution in [2.24, 2.45) is 11.7 Å². The number of primary amides is 1. The van der Waals surface area contributed by atoms with Gasteiger partial charge in [0.05, 0.1) is 6.04 Å². The standard InChI is InChI=1S/C18H25N3O3S2/c1-12(10-15(19)22)16(23)20-11-14(13-6-4-3-5-7-13)21(2)17(24)18-25-8-9-26-18/h3-7,12,14,18H,8-11H2,1-2H3,(H2,19,22)(H,20,23). The summed E-state index contributed by atoms with van der Waals surface area (Å²) < 4.78 is -0.0873. The molecule has 26 heavy (non-hydrogen) atoms. The number of carbonyl (C=O) groups is 3. The van der Waals surface area contributed by atoms with Gasteiger partial charge in [-0.25, -0.2) is 0 Å². The van der Waals surface area contributed by atoms with Crippen LogP contribution in [0.2, 0.25) is 0 Å². The first-order valence-electron chi connectivity index (χ1n) is 8.51. The number of nitrogens with one attached hydrogen (secondary N) is 1. The smallest absolute Gasteiger partial charge is 0.246 e. The third-order valence-corrected chi connectivity index (χ3v) is 7.21. The first kappa shape index (κ1) is 20.6. The Bertz CT molecular complexity index is 636. The van der Waals surface area contributed by atoms with Crippen molar-refractivity contribution in [2.45, 2.75) is 24.0 Å². The number of nitrogens with zero attached hydrogens (tertiary/aromatic N) is 1. The summed E-state index contributed by atoms with van der Waals surface area (Å²) >= 11 is 3.32. The van der Waals surface area contributed by atoms with Crippen LogP contribution in [0, 0.1) is 5.92 Å². The largest absolute Gasteiger partial charge is 0.370 e. The van der Waals surface area contributed by atoms with Gasteiger partial charge in [-0.2, -0.15) is 0 Å². The number of hydrogen-bond donors (Lipinski definition) is 2.